The van der Waals surface area contributed by atoms with E-state index in [0.717, 1.165) is 17.6 Å². The lowest BCUT2D eigenvalue weighted by Crippen LogP contribution is -2.13. The number of halogens is 1. The van der Waals surface area contributed by atoms with Crippen LogP contribution in [0.25, 0.3) is 0 Å². The van der Waals surface area contributed by atoms with E-state index in [2.05, 4.69) is 31.2 Å². The van der Waals surface area contributed by atoms with Crippen LogP contribution in [-0.4, -0.2) is 0 Å². The minimum atomic E-state index is -0.165. The predicted molar refractivity (Wildman–Crippen MR) is 102 cm³/mol. The molecule has 0 spiro atoms. The summed E-state index contributed by atoms with van der Waals surface area (Å²) in [6.45, 7) is 2.30. The molecule has 0 aliphatic heterocycles. The van der Waals surface area contributed by atoms with Crippen LogP contribution < -0.4 is 0 Å². The highest BCUT2D eigenvalue weighted by Gasteiger charge is 2.21. The average Bonchev–Trinajstić information content (AvgIpc) is 2.63. The zero-order chi connectivity index (χ0) is 16.8. The second kappa shape index (κ2) is 8.71. The fraction of sp³-hybridized carbons (Fsp3) is 0.455. The van der Waals surface area contributed by atoms with Crippen LogP contribution in [0.2, 0.25) is 0 Å². The van der Waals surface area contributed by atoms with Gasteiger partial charge in [0.2, 0.25) is 0 Å². The first-order chi connectivity index (χ1) is 11.7. The third-order valence-corrected chi connectivity index (χ3v) is 6.30. The maximum Gasteiger partial charge on any atom is 0.123 e. The molecule has 1 aliphatic carbocycles. The third kappa shape index (κ3) is 4.86. The van der Waals surface area contributed by atoms with Crippen molar-refractivity contribution < 1.29 is 4.39 Å². The number of thioether (sulfide) groups is 1. The zero-order valence-electron chi connectivity index (χ0n) is 14.5. The molecule has 0 N–H and O–H groups in total. The molecule has 2 aromatic carbocycles. The molecule has 0 aromatic heterocycles. The Morgan fingerprint density at radius 1 is 0.917 bits per heavy atom. The van der Waals surface area contributed by atoms with Crippen LogP contribution in [0.3, 0.4) is 0 Å². The topological polar surface area (TPSA) is 0 Å². The molecule has 0 atom stereocenters. The molecule has 0 saturated heterocycles. The summed E-state index contributed by atoms with van der Waals surface area (Å²) in [6.07, 6.45) is 8.25. The smallest absolute Gasteiger partial charge is 0.123 e. The van der Waals surface area contributed by atoms with Gasteiger partial charge in [-0.1, -0.05) is 44.0 Å². The largest absolute Gasteiger partial charge is 0.207 e. The van der Waals surface area contributed by atoms with Crippen molar-refractivity contribution in [3.8, 4) is 0 Å². The van der Waals surface area contributed by atoms with Gasteiger partial charge >= 0.3 is 0 Å². The summed E-state index contributed by atoms with van der Waals surface area (Å²) in [7, 11) is 0. The molecule has 2 heteroatoms. The maximum atomic E-state index is 12.9. The monoisotopic (exact) mass is 342 g/mol. The summed E-state index contributed by atoms with van der Waals surface area (Å²) >= 11 is 1.82. The van der Waals surface area contributed by atoms with E-state index in [1.54, 1.807) is 0 Å². The number of rotatable bonds is 6. The van der Waals surface area contributed by atoms with Gasteiger partial charge in [0.1, 0.15) is 5.82 Å². The van der Waals surface area contributed by atoms with Gasteiger partial charge in [0.05, 0.1) is 0 Å². The summed E-state index contributed by atoms with van der Waals surface area (Å²) < 4.78 is 12.9. The molecule has 0 radical (unpaired) electrons. The lowest BCUT2D eigenvalue weighted by molar-refractivity contribution is 0.308. The molecule has 24 heavy (non-hydrogen) atoms. The Bertz CT molecular complexity index is 609. The van der Waals surface area contributed by atoms with Crippen LogP contribution >= 0.6 is 11.8 Å². The van der Waals surface area contributed by atoms with Crippen LogP contribution in [0.4, 0.5) is 4.39 Å². The molecule has 1 fully saturated rings. The summed E-state index contributed by atoms with van der Waals surface area (Å²) in [5.41, 5.74) is 2.68. The Hall–Kier alpha value is -1.28. The summed E-state index contributed by atoms with van der Waals surface area (Å²) in [5, 5.41) is 0. The van der Waals surface area contributed by atoms with Crippen LogP contribution in [0.1, 0.15) is 62.5 Å². The van der Waals surface area contributed by atoms with Gasteiger partial charge in [-0.3, -0.25) is 0 Å². The summed E-state index contributed by atoms with van der Waals surface area (Å²) in [6, 6.07) is 15.9. The van der Waals surface area contributed by atoms with Crippen LogP contribution in [-0.2, 0) is 5.75 Å². The van der Waals surface area contributed by atoms with E-state index in [1.165, 1.54) is 66.7 Å². The maximum absolute atomic E-state index is 12.9. The quantitative estimate of drug-likeness (QED) is 0.500. The molecular formula is C22H27FS. The highest BCUT2D eigenvalue weighted by Crippen LogP contribution is 2.38. The molecule has 0 amide bonds. The van der Waals surface area contributed by atoms with Crippen LogP contribution in [0.15, 0.2) is 53.4 Å². The van der Waals surface area contributed by atoms with E-state index in [0.29, 0.717) is 0 Å². The first kappa shape index (κ1) is 17.5. The predicted octanol–water partition coefficient (Wildman–Crippen LogP) is 7.19. The number of hydrogen-bond acceptors (Lipinski definition) is 1. The van der Waals surface area contributed by atoms with E-state index in [4.69, 9.17) is 0 Å². The Balaban J connectivity index is 1.51. The SMILES string of the molecule is CCCC1CCC(c2ccc(SCc3ccc(F)cc3)cc2)CC1. The third-order valence-electron chi connectivity index (χ3n) is 5.21. The van der Waals surface area contributed by atoms with E-state index < -0.39 is 0 Å². The minimum absolute atomic E-state index is 0.165. The normalized spacial score (nSPS) is 20.9. The molecule has 0 nitrogen and oxygen atoms in total. The van der Waals surface area contributed by atoms with Crippen molar-refractivity contribution >= 4 is 11.8 Å². The van der Waals surface area contributed by atoms with Crippen molar-refractivity contribution in [1.82, 2.24) is 0 Å². The lowest BCUT2D eigenvalue weighted by atomic mass is 9.77. The second-order valence-corrected chi connectivity index (χ2v) is 8.04. The van der Waals surface area contributed by atoms with E-state index in [1.807, 2.05) is 23.9 Å². The lowest BCUT2D eigenvalue weighted by Gasteiger charge is -2.28. The Morgan fingerprint density at radius 3 is 2.21 bits per heavy atom. The molecule has 0 bridgehead atoms. The van der Waals surface area contributed by atoms with Gasteiger partial charge in [-0.25, -0.2) is 4.39 Å². The van der Waals surface area contributed by atoms with Gasteiger partial charge in [0.25, 0.3) is 0 Å². The molecule has 2 aromatic rings. The van der Waals surface area contributed by atoms with E-state index in [9.17, 15) is 4.39 Å². The van der Waals surface area contributed by atoms with Gasteiger partial charge in [0.15, 0.2) is 0 Å². The average molecular weight is 343 g/mol. The fourth-order valence-corrected chi connectivity index (χ4v) is 4.63. The van der Waals surface area contributed by atoms with E-state index in [-0.39, 0.29) is 5.82 Å². The Labute approximate surface area is 149 Å². The van der Waals surface area contributed by atoms with E-state index >= 15 is 0 Å². The first-order valence-corrected chi connectivity index (χ1v) is 10.2. The van der Waals surface area contributed by atoms with Gasteiger partial charge in [-0.15, -0.1) is 11.8 Å². The van der Waals surface area contributed by atoms with Crippen molar-refractivity contribution in [3.05, 3.63) is 65.5 Å². The molecule has 0 heterocycles. The Kier molecular flexibility index (Phi) is 6.37. The zero-order valence-corrected chi connectivity index (χ0v) is 15.3. The highest BCUT2D eigenvalue weighted by atomic mass is 32.2. The fourth-order valence-electron chi connectivity index (χ4n) is 3.78. The molecular weight excluding hydrogens is 315 g/mol. The summed E-state index contributed by atoms with van der Waals surface area (Å²) in [5.74, 6) is 2.45. The molecule has 128 valence electrons. The van der Waals surface area contributed by atoms with Gasteiger partial charge in [-0.05, 0) is 72.9 Å². The Morgan fingerprint density at radius 2 is 1.58 bits per heavy atom. The highest BCUT2D eigenvalue weighted by molar-refractivity contribution is 7.98. The van der Waals surface area contributed by atoms with Crippen molar-refractivity contribution in [2.45, 2.75) is 62.0 Å². The van der Waals surface area contributed by atoms with Gasteiger partial charge in [0, 0.05) is 10.6 Å². The van der Waals surface area contributed by atoms with Crippen LogP contribution in [0, 0.1) is 11.7 Å². The number of benzene rings is 2. The number of hydrogen-bond donors (Lipinski definition) is 0. The van der Waals surface area contributed by atoms with Gasteiger partial charge in [-0.2, -0.15) is 0 Å². The molecule has 3 rings (SSSR count). The molecule has 1 aliphatic rings. The van der Waals surface area contributed by atoms with Crippen LogP contribution in [0.5, 0.6) is 0 Å². The first-order valence-electron chi connectivity index (χ1n) is 9.22. The molecule has 0 unspecified atom stereocenters. The minimum Gasteiger partial charge on any atom is -0.207 e. The van der Waals surface area contributed by atoms with Crippen molar-refractivity contribution in [1.29, 1.82) is 0 Å². The van der Waals surface area contributed by atoms with Crippen molar-refractivity contribution in [2.24, 2.45) is 5.92 Å². The molecule has 1 saturated carbocycles. The standard InChI is InChI=1S/C22H27FS/c1-2-3-17-4-8-19(9-5-17)20-10-14-22(15-11-20)24-16-18-6-12-21(23)13-7-18/h6-7,10-15,17,19H,2-5,8-9,16H2,1H3. The van der Waals surface area contributed by atoms with Crippen molar-refractivity contribution in [2.75, 3.05) is 0 Å². The second-order valence-electron chi connectivity index (χ2n) is 6.99. The van der Waals surface area contributed by atoms with Gasteiger partial charge < -0.3 is 0 Å². The summed E-state index contributed by atoms with van der Waals surface area (Å²) in [4.78, 5) is 1.29. The van der Waals surface area contributed by atoms with Crippen molar-refractivity contribution in [3.63, 3.8) is 0 Å².